The van der Waals surface area contributed by atoms with E-state index < -0.39 is 24.5 Å². The van der Waals surface area contributed by atoms with E-state index in [-0.39, 0.29) is 31.3 Å². The molecule has 0 unspecified atom stereocenters. The average molecular weight is 437 g/mol. The molecule has 0 heterocycles. The van der Waals surface area contributed by atoms with E-state index in [0.717, 1.165) is 11.1 Å². The fraction of sp³-hybridized carbons (Fsp3) is 0.565. The van der Waals surface area contributed by atoms with Crippen molar-refractivity contribution in [3.8, 4) is 17.6 Å². The molecule has 0 aromatic heterocycles. The second-order valence-corrected chi connectivity index (χ2v) is 7.57. The standard InChI is InChI=1S/C23H29F2NO5/c1-5-6-16-11-15(2)18(19(12-16)29-3)13-21(27)26-23(22(28)30-4)9-7-17(8-10-23)31-14-20(24)25/h11-12,17,20H,7-10,13-14H2,1-4H3,(H,26,27). The molecule has 0 bridgehead atoms. The molecule has 1 aliphatic rings. The summed E-state index contributed by atoms with van der Waals surface area (Å²) in [6, 6.07) is 3.65. The van der Waals surface area contributed by atoms with Gasteiger partial charge in [-0.2, -0.15) is 0 Å². The number of benzene rings is 1. The molecule has 0 radical (unpaired) electrons. The molecule has 1 amide bonds. The number of hydrogen-bond acceptors (Lipinski definition) is 5. The van der Waals surface area contributed by atoms with Gasteiger partial charge in [-0.1, -0.05) is 5.92 Å². The number of esters is 1. The third kappa shape index (κ3) is 6.41. The Kier molecular flexibility index (Phi) is 8.81. The SMILES string of the molecule is CC#Cc1cc(C)c(CC(=O)NC2(C(=O)OC)CCC(OCC(F)F)CC2)c(OC)c1. The lowest BCUT2D eigenvalue weighted by molar-refractivity contribution is -0.154. The van der Waals surface area contributed by atoms with Crippen molar-refractivity contribution in [3.63, 3.8) is 0 Å². The van der Waals surface area contributed by atoms with Crippen LogP contribution in [0.1, 0.15) is 49.3 Å². The summed E-state index contributed by atoms with van der Waals surface area (Å²) in [7, 11) is 2.78. The Hall–Kier alpha value is -2.66. The van der Waals surface area contributed by atoms with Crippen molar-refractivity contribution in [2.45, 2.75) is 64.0 Å². The predicted molar refractivity (Wildman–Crippen MR) is 111 cm³/mol. The number of ether oxygens (including phenoxy) is 3. The highest BCUT2D eigenvalue weighted by Gasteiger charge is 2.44. The predicted octanol–water partition coefficient (Wildman–Crippen LogP) is 3.17. The summed E-state index contributed by atoms with van der Waals surface area (Å²) in [6.45, 7) is 2.97. The lowest BCUT2D eigenvalue weighted by Gasteiger charge is -2.38. The normalized spacial score (nSPS) is 20.5. The van der Waals surface area contributed by atoms with E-state index >= 15 is 0 Å². The molecule has 1 fully saturated rings. The molecule has 1 aliphatic carbocycles. The molecule has 2 rings (SSSR count). The third-order valence-corrected chi connectivity index (χ3v) is 5.46. The van der Waals surface area contributed by atoms with Crippen LogP contribution in [0.2, 0.25) is 0 Å². The number of nitrogens with one attached hydrogen (secondary N) is 1. The van der Waals surface area contributed by atoms with E-state index in [0.29, 0.717) is 24.2 Å². The van der Waals surface area contributed by atoms with E-state index in [1.54, 1.807) is 13.0 Å². The second kappa shape index (κ2) is 11.1. The number of halogens is 2. The summed E-state index contributed by atoms with van der Waals surface area (Å²) in [5.41, 5.74) is 1.14. The van der Waals surface area contributed by atoms with Gasteiger partial charge in [0.2, 0.25) is 5.91 Å². The molecule has 6 nitrogen and oxygen atoms in total. The first-order chi connectivity index (χ1) is 14.7. The van der Waals surface area contributed by atoms with Gasteiger partial charge in [0.25, 0.3) is 6.43 Å². The zero-order valence-electron chi connectivity index (χ0n) is 18.3. The number of alkyl halides is 2. The van der Waals surface area contributed by atoms with E-state index in [9.17, 15) is 18.4 Å². The van der Waals surface area contributed by atoms with Gasteiger partial charge in [0.05, 0.1) is 26.7 Å². The van der Waals surface area contributed by atoms with Gasteiger partial charge in [0.1, 0.15) is 17.9 Å². The van der Waals surface area contributed by atoms with Gasteiger partial charge in [-0.05, 0) is 57.2 Å². The smallest absolute Gasteiger partial charge is 0.331 e. The van der Waals surface area contributed by atoms with Crippen molar-refractivity contribution in [1.82, 2.24) is 5.32 Å². The number of amides is 1. The second-order valence-electron chi connectivity index (χ2n) is 7.57. The molecule has 0 aliphatic heterocycles. The molecule has 170 valence electrons. The molecule has 8 heteroatoms. The monoisotopic (exact) mass is 437 g/mol. The topological polar surface area (TPSA) is 73.9 Å². The third-order valence-electron chi connectivity index (χ3n) is 5.46. The molecule has 31 heavy (non-hydrogen) atoms. The van der Waals surface area contributed by atoms with Gasteiger partial charge in [0.15, 0.2) is 0 Å². The number of hydrogen-bond donors (Lipinski definition) is 1. The fourth-order valence-electron chi connectivity index (χ4n) is 3.92. The molecule has 1 aromatic rings. The van der Waals surface area contributed by atoms with Crippen LogP contribution in [-0.2, 0) is 25.5 Å². The van der Waals surface area contributed by atoms with Gasteiger partial charge >= 0.3 is 5.97 Å². The summed E-state index contributed by atoms with van der Waals surface area (Å²) in [4.78, 5) is 25.4. The Morgan fingerprint density at radius 1 is 1.26 bits per heavy atom. The highest BCUT2D eigenvalue weighted by Crippen LogP contribution is 2.32. The highest BCUT2D eigenvalue weighted by molar-refractivity contribution is 5.89. The van der Waals surface area contributed by atoms with Crippen molar-refractivity contribution in [2.24, 2.45) is 0 Å². The van der Waals surface area contributed by atoms with Crippen LogP contribution >= 0.6 is 0 Å². The lowest BCUT2D eigenvalue weighted by atomic mass is 9.80. The highest BCUT2D eigenvalue weighted by atomic mass is 19.3. The van der Waals surface area contributed by atoms with Crippen LogP contribution in [0.4, 0.5) is 8.78 Å². The largest absolute Gasteiger partial charge is 0.496 e. The Bertz CT molecular complexity index is 852. The minimum absolute atomic E-state index is 0.0128. The van der Waals surface area contributed by atoms with E-state index in [4.69, 9.17) is 14.2 Å². The Morgan fingerprint density at radius 3 is 2.48 bits per heavy atom. The number of carbonyl (C=O) groups is 2. The lowest BCUT2D eigenvalue weighted by Crippen LogP contribution is -2.58. The van der Waals surface area contributed by atoms with Crippen LogP contribution < -0.4 is 10.1 Å². The molecule has 0 spiro atoms. The minimum Gasteiger partial charge on any atom is -0.496 e. The van der Waals surface area contributed by atoms with Crippen LogP contribution in [-0.4, -0.2) is 50.8 Å². The maximum absolute atomic E-state index is 12.9. The van der Waals surface area contributed by atoms with E-state index in [1.807, 2.05) is 13.0 Å². The zero-order valence-corrected chi connectivity index (χ0v) is 18.3. The zero-order chi connectivity index (χ0) is 23.0. The first-order valence-corrected chi connectivity index (χ1v) is 10.1. The Morgan fingerprint density at radius 2 is 1.94 bits per heavy atom. The quantitative estimate of drug-likeness (QED) is 0.500. The average Bonchev–Trinajstić information content (AvgIpc) is 2.74. The van der Waals surface area contributed by atoms with E-state index in [1.165, 1.54) is 14.2 Å². The van der Waals surface area contributed by atoms with Gasteiger partial charge in [0, 0.05) is 11.1 Å². The molecular weight excluding hydrogens is 408 g/mol. The van der Waals surface area contributed by atoms with Crippen molar-refractivity contribution >= 4 is 11.9 Å². The van der Waals surface area contributed by atoms with Crippen LogP contribution in [0, 0.1) is 18.8 Å². The minimum atomic E-state index is -2.54. The van der Waals surface area contributed by atoms with Gasteiger partial charge in [-0.25, -0.2) is 13.6 Å². The van der Waals surface area contributed by atoms with Gasteiger partial charge in [-0.15, -0.1) is 5.92 Å². The molecular formula is C23H29F2NO5. The van der Waals surface area contributed by atoms with Crippen LogP contribution in [0.5, 0.6) is 5.75 Å². The van der Waals surface area contributed by atoms with Crippen LogP contribution in [0.3, 0.4) is 0 Å². The summed E-state index contributed by atoms with van der Waals surface area (Å²) in [5.74, 6) is 5.44. The first-order valence-electron chi connectivity index (χ1n) is 10.1. The summed E-state index contributed by atoms with van der Waals surface area (Å²) in [5, 5.41) is 2.83. The molecule has 1 aromatic carbocycles. The van der Waals surface area contributed by atoms with Gasteiger partial charge in [-0.3, -0.25) is 4.79 Å². The molecule has 0 saturated heterocycles. The fourth-order valence-corrected chi connectivity index (χ4v) is 3.92. The van der Waals surface area contributed by atoms with Crippen molar-refractivity contribution in [1.29, 1.82) is 0 Å². The summed E-state index contributed by atoms with van der Waals surface area (Å²) >= 11 is 0. The van der Waals surface area contributed by atoms with Crippen LogP contribution in [0.25, 0.3) is 0 Å². The Balaban J connectivity index is 2.14. The van der Waals surface area contributed by atoms with Crippen molar-refractivity contribution < 1.29 is 32.6 Å². The van der Waals surface area contributed by atoms with Crippen LogP contribution in [0.15, 0.2) is 12.1 Å². The van der Waals surface area contributed by atoms with E-state index in [2.05, 4.69) is 17.2 Å². The number of rotatable bonds is 8. The maximum atomic E-state index is 12.9. The van der Waals surface area contributed by atoms with Gasteiger partial charge < -0.3 is 19.5 Å². The maximum Gasteiger partial charge on any atom is 0.331 e. The molecule has 1 saturated carbocycles. The number of methoxy groups -OCH3 is 2. The molecule has 1 N–H and O–H groups in total. The summed E-state index contributed by atoms with van der Waals surface area (Å²) in [6.07, 6.45) is -1.66. The first kappa shape index (κ1) is 24.6. The Labute approximate surface area is 181 Å². The van der Waals surface area contributed by atoms with Crippen molar-refractivity contribution in [3.05, 3.63) is 28.8 Å². The van der Waals surface area contributed by atoms with Crippen molar-refractivity contribution in [2.75, 3.05) is 20.8 Å². The summed E-state index contributed by atoms with van der Waals surface area (Å²) < 4.78 is 40.3. The number of aryl methyl sites for hydroxylation is 1. The molecule has 0 atom stereocenters. The number of carbonyl (C=O) groups excluding carboxylic acids is 2.